The van der Waals surface area contributed by atoms with Crippen molar-refractivity contribution in [2.45, 2.75) is 4.90 Å². The van der Waals surface area contributed by atoms with Gasteiger partial charge >= 0.3 is 5.97 Å². The average Bonchev–Trinajstić information content (AvgIpc) is 2.39. The van der Waals surface area contributed by atoms with Crippen LogP contribution in [-0.2, 0) is 4.79 Å². The molecule has 2 aromatic rings. The highest BCUT2D eigenvalue weighted by molar-refractivity contribution is 7.99. The lowest BCUT2D eigenvalue weighted by molar-refractivity contribution is -0.142. The third-order valence-corrected chi connectivity index (χ3v) is 4.19. The van der Waals surface area contributed by atoms with E-state index in [0.29, 0.717) is 10.8 Å². The fourth-order valence-corrected chi connectivity index (χ4v) is 2.88. The molecule has 0 spiro atoms. The quantitative estimate of drug-likeness (QED) is 0.831. The number of aliphatic hydroxyl groups excluding tert-OH is 1. The number of fused-ring (bicyclic) bond motifs is 1. The number of halogens is 1. The van der Waals surface area contributed by atoms with Gasteiger partial charge in [-0.1, -0.05) is 23.7 Å². The highest BCUT2D eigenvalue weighted by Crippen LogP contribution is 2.27. The van der Waals surface area contributed by atoms with Crippen LogP contribution in [0.2, 0.25) is 5.02 Å². The number of benzene rings is 2. The number of carboxylic acid groups (broad SMARTS) is 1. The van der Waals surface area contributed by atoms with Gasteiger partial charge in [-0.2, -0.15) is 0 Å². The molecule has 0 aromatic heterocycles. The lowest BCUT2D eigenvalue weighted by Gasteiger charge is -2.09. The molecular weight excluding hydrogens is 284 g/mol. The Labute approximate surface area is 120 Å². The minimum atomic E-state index is -0.970. The van der Waals surface area contributed by atoms with Crippen LogP contribution < -0.4 is 0 Å². The second-order valence-corrected chi connectivity index (χ2v) is 5.71. The minimum Gasteiger partial charge on any atom is -0.481 e. The van der Waals surface area contributed by atoms with Crippen LogP contribution in [0.1, 0.15) is 0 Å². The maximum Gasteiger partial charge on any atom is 0.309 e. The monoisotopic (exact) mass is 296 g/mol. The van der Waals surface area contributed by atoms with E-state index in [4.69, 9.17) is 21.8 Å². The molecule has 0 aliphatic carbocycles. The van der Waals surface area contributed by atoms with Crippen LogP contribution in [0.4, 0.5) is 0 Å². The van der Waals surface area contributed by atoms with E-state index in [2.05, 4.69) is 0 Å². The molecule has 0 aliphatic heterocycles. The Hall–Kier alpha value is -1.23. The predicted octanol–water partition coefficient (Wildman–Crippen LogP) is 3.28. The van der Waals surface area contributed by atoms with Crippen LogP contribution in [-0.4, -0.2) is 28.5 Å². The lowest BCUT2D eigenvalue weighted by atomic mass is 10.1. The number of hydrogen-bond acceptors (Lipinski definition) is 3. The van der Waals surface area contributed by atoms with Gasteiger partial charge in [-0.15, -0.1) is 11.8 Å². The highest BCUT2D eigenvalue weighted by Gasteiger charge is 2.16. The number of rotatable bonds is 5. The van der Waals surface area contributed by atoms with Gasteiger partial charge in [-0.25, -0.2) is 0 Å². The Morgan fingerprint density at radius 2 is 1.89 bits per heavy atom. The molecule has 0 saturated carbocycles. The lowest BCUT2D eigenvalue weighted by Crippen LogP contribution is -2.20. The molecule has 0 saturated heterocycles. The summed E-state index contributed by atoms with van der Waals surface area (Å²) in [5.74, 6) is -1.35. The van der Waals surface area contributed by atoms with E-state index in [1.165, 1.54) is 11.8 Å². The third kappa shape index (κ3) is 3.62. The summed E-state index contributed by atoms with van der Waals surface area (Å²) in [4.78, 5) is 11.8. The Kier molecular flexibility index (Phi) is 4.69. The second kappa shape index (κ2) is 6.28. The molecule has 1 unspecified atom stereocenters. The number of thioether (sulfide) groups is 1. The third-order valence-electron chi connectivity index (χ3n) is 2.79. The van der Waals surface area contributed by atoms with Crippen molar-refractivity contribution in [3.63, 3.8) is 0 Å². The minimum absolute atomic E-state index is 0.342. The zero-order chi connectivity index (χ0) is 13.8. The molecule has 1 atom stereocenters. The second-order valence-electron chi connectivity index (χ2n) is 4.18. The fraction of sp³-hybridized carbons (Fsp3) is 0.214. The van der Waals surface area contributed by atoms with Crippen molar-refractivity contribution in [3.8, 4) is 0 Å². The molecule has 2 aromatic carbocycles. The Morgan fingerprint density at radius 1 is 1.21 bits per heavy atom. The van der Waals surface area contributed by atoms with E-state index in [0.717, 1.165) is 15.7 Å². The summed E-state index contributed by atoms with van der Waals surface area (Å²) in [6, 6.07) is 11.5. The van der Waals surface area contributed by atoms with Crippen LogP contribution in [0.15, 0.2) is 41.3 Å². The molecule has 5 heteroatoms. The summed E-state index contributed by atoms with van der Waals surface area (Å²) >= 11 is 7.34. The topological polar surface area (TPSA) is 57.5 Å². The molecule has 2 rings (SSSR count). The average molecular weight is 297 g/mol. The number of carboxylic acids is 1. The van der Waals surface area contributed by atoms with Crippen LogP contribution >= 0.6 is 23.4 Å². The van der Waals surface area contributed by atoms with Crippen LogP contribution in [0.5, 0.6) is 0 Å². The van der Waals surface area contributed by atoms with Crippen LogP contribution in [0.3, 0.4) is 0 Å². The number of hydrogen-bond donors (Lipinski definition) is 2. The van der Waals surface area contributed by atoms with Crippen molar-refractivity contribution in [1.82, 2.24) is 0 Å². The summed E-state index contributed by atoms with van der Waals surface area (Å²) in [6.07, 6.45) is 0. The standard InChI is InChI=1S/C14H13ClO3S/c15-12-3-1-10-6-13(4-2-9(10)5-12)19-8-11(7-16)14(17)18/h1-6,11,16H,7-8H2,(H,17,18). The van der Waals surface area contributed by atoms with Gasteiger partial charge in [0, 0.05) is 15.7 Å². The van der Waals surface area contributed by atoms with Gasteiger partial charge in [0.05, 0.1) is 12.5 Å². The normalized spacial score (nSPS) is 12.5. The van der Waals surface area contributed by atoms with Gasteiger partial charge in [-0.05, 0) is 35.0 Å². The van der Waals surface area contributed by atoms with E-state index >= 15 is 0 Å². The molecule has 2 N–H and O–H groups in total. The smallest absolute Gasteiger partial charge is 0.309 e. The summed E-state index contributed by atoms with van der Waals surface area (Å²) in [5, 5.41) is 20.6. The molecule has 0 heterocycles. The number of aliphatic carboxylic acids is 1. The molecular formula is C14H13ClO3S. The maximum atomic E-state index is 10.8. The molecule has 0 bridgehead atoms. The molecule has 0 radical (unpaired) electrons. The van der Waals surface area contributed by atoms with Crippen molar-refractivity contribution in [1.29, 1.82) is 0 Å². The van der Waals surface area contributed by atoms with E-state index < -0.39 is 11.9 Å². The molecule has 0 fully saturated rings. The predicted molar refractivity (Wildman–Crippen MR) is 77.9 cm³/mol. The Bertz CT molecular complexity index is 600. The van der Waals surface area contributed by atoms with E-state index in [-0.39, 0.29) is 6.61 Å². The van der Waals surface area contributed by atoms with Crippen LogP contribution in [0, 0.1) is 5.92 Å². The molecule has 100 valence electrons. The zero-order valence-corrected chi connectivity index (χ0v) is 11.6. The first-order chi connectivity index (χ1) is 9.10. The SMILES string of the molecule is O=C(O)C(CO)CSc1ccc2cc(Cl)ccc2c1. The van der Waals surface area contributed by atoms with Gasteiger partial charge in [0.1, 0.15) is 0 Å². The largest absolute Gasteiger partial charge is 0.481 e. The van der Waals surface area contributed by atoms with E-state index in [9.17, 15) is 4.79 Å². The number of carbonyl (C=O) groups is 1. The summed E-state index contributed by atoms with van der Waals surface area (Å²) in [6.45, 7) is -0.342. The molecule has 0 amide bonds. The van der Waals surface area contributed by atoms with E-state index in [1.807, 2.05) is 36.4 Å². The van der Waals surface area contributed by atoms with Crippen molar-refractivity contribution in [2.75, 3.05) is 12.4 Å². The first kappa shape index (κ1) is 14.2. The van der Waals surface area contributed by atoms with Crippen molar-refractivity contribution in [3.05, 3.63) is 41.4 Å². The van der Waals surface area contributed by atoms with Gasteiger partial charge in [0.2, 0.25) is 0 Å². The maximum absolute atomic E-state index is 10.8. The fourth-order valence-electron chi connectivity index (χ4n) is 1.68. The van der Waals surface area contributed by atoms with Crippen LogP contribution in [0.25, 0.3) is 10.8 Å². The Morgan fingerprint density at radius 3 is 2.58 bits per heavy atom. The van der Waals surface area contributed by atoms with Crippen molar-refractivity contribution < 1.29 is 15.0 Å². The first-order valence-corrected chi connectivity index (χ1v) is 7.12. The summed E-state index contributed by atoms with van der Waals surface area (Å²) in [7, 11) is 0. The van der Waals surface area contributed by atoms with Crippen molar-refractivity contribution >= 4 is 40.1 Å². The molecule has 3 nitrogen and oxygen atoms in total. The summed E-state index contributed by atoms with van der Waals surface area (Å²) in [5.41, 5.74) is 0. The van der Waals surface area contributed by atoms with Gasteiger partial charge < -0.3 is 10.2 Å². The van der Waals surface area contributed by atoms with E-state index in [1.54, 1.807) is 0 Å². The van der Waals surface area contributed by atoms with Gasteiger partial charge in [0.15, 0.2) is 0 Å². The first-order valence-electron chi connectivity index (χ1n) is 5.76. The number of aliphatic hydroxyl groups is 1. The summed E-state index contributed by atoms with van der Waals surface area (Å²) < 4.78 is 0. The molecule has 0 aliphatic rings. The highest BCUT2D eigenvalue weighted by atomic mass is 35.5. The Balaban J connectivity index is 2.13. The molecule has 19 heavy (non-hydrogen) atoms. The van der Waals surface area contributed by atoms with Gasteiger partial charge in [-0.3, -0.25) is 4.79 Å². The van der Waals surface area contributed by atoms with Crippen molar-refractivity contribution in [2.24, 2.45) is 5.92 Å². The van der Waals surface area contributed by atoms with Gasteiger partial charge in [0.25, 0.3) is 0 Å². The zero-order valence-electron chi connectivity index (χ0n) is 10.0.